The van der Waals surface area contributed by atoms with Crippen LogP contribution < -0.4 is 5.32 Å². The van der Waals surface area contributed by atoms with Gasteiger partial charge in [0.15, 0.2) is 0 Å². The zero-order chi connectivity index (χ0) is 15.7. The fourth-order valence-corrected chi connectivity index (χ4v) is 2.82. The molecule has 0 aromatic heterocycles. The molecule has 0 bridgehead atoms. The number of piperidine rings is 1. The normalized spacial score (nSPS) is 20.1. The summed E-state index contributed by atoms with van der Waals surface area (Å²) < 4.78 is 4.93. The van der Waals surface area contributed by atoms with Crippen LogP contribution in [0.3, 0.4) is 0 Å². The van der Waals surface area contributed by atoms with Crippen LogP contribution >= 0.6 is 0 Å². The number of carboxylic acids is 1. The van der Waals surface area contributed by atoms with Gasteiger partial charge in [-0.05, 0) is 38.5 Å². The molecule has 1 aliphatic rings. The number of nitrogens with zero attached hydrogens (tertiary/aromatic N) is 1. The Morgan fingerprint density at radius 3 is 2.81 bits per heavy atom. The quantitative estimate of drug-likeness (QED) is 0.674. The van der Waals surface area contributed by atoms with Gasteiger partial charge in [0.1, 0.15) is 6.04 Å². The largest absolute Gasteiger partial charge is 0.480 e. The number of amides is 2. The lowest BCUT2D eigenvalue weighted by Gasteiger charge is -2.36. The first-order valence-corrected chi connectivity index (χ1v) is 7.89. The Hall–Kier alpha value is -1.30. The van der Waals surface area contributed by atoms with Gasteiger partial charge in [-0.25, -0.2) is 9.59 Å². The maximum absolute atomic E-state index is 12.4. The zero-order valence-corrected chi connectivity index (χ0v) is 13.1. The molecule has 122 valence electrons. The van der Waals surface area contributed by atoms with Crippen molar-refractivity contribution in [3.05, 3.63) is 0 Å². The summed E-state index contributed by atoms with van der Waals surface area (Å²) in [6.07, 6.45) is 6.18. The van der Waals surface area contributed by atoms with E-state index in [0.717, 1.165) is 38.6 Å². The molecule has 6 nitrogen and oxygen atoms in total. The van der Waals surface area contributed by atoms with E-state index in [0.29, 0.717) is 19.4 Å². The first kappa shape index (κ1) is 17.8. The second-order valence-electron chi connectivity index (χ2n) is 5.61. The summed E-state index contributed by atoms with van der Waals surface area (Å²) in [5.41, 5.74) is 0. The number of ether oxygens (including phenoxy) is 1. The zero-order valence-electron chi connectivity index (χ0n) is 13.1. The minimum atomic E-state index is -0.983. The van der Waals surface area contributed by atoms with Gasteiger partial charge in [0.25, 0.3) is 0 Å². The molecule has 0 aromatic carbocycles. The van der Waals surface area contributed by atoms with E-state index in [1.807, 2.05) is 4.90 Å². The van der Waals surface area contributed by atoms with Crippen molar-refractivity contribution in [2.45, 2.75) is 64.0 Å². The first-order valence-electron chi connectivity index (χ1n) is 7.89. The molecule has 0 aromatic rings. The van der Waals surface area contributed by atoms with Gasteiger partial charge in [0, 0.05) is 26.3 Å². The SMILES string of the molecule is CCCC1CCCCN1C(=O)NC(CCCOC)C(=O)O. The van der Waals surface area contributed by atoms with Crippen molar-refractivity contribution in [1.82, 2.24) is 10.2 Å². The van der Waals surface area contributed by atoms with E-state index >= 15 is 0 Å². The Morgan fingerprint density at radius 2 is 2.19 bits per heavy atom. The highest BCUT2D eigenvalue weighted by molar-refractivity contribution is 5.82. The van der Waals surface area contributed by atoms with Crippen LogP contribution in [0, 0.1) is 0 Å². The number of likely N-dealkylation sites (tertiary alicyclic amines) is 1. The third-order valence-corrected chi connectivity index (χ3v) is 3.95. The van der Waals surface area contributed by atoms with Crippen molar-refractivity contribution >= 4 is 12.0 Å². The maximum atomic E-state index is 12.4. The highest BCUT2D eigenvalue weighted by Gasteiger charge is 2.29. The number of nitrogens with one attached hydrogen (secondary N) is 1. The summed E-state index contributed by atoms with van der Waals surface area (Å²) in [6, 6.07) is -0.827. The molecule has 6 heteroatoms. The summed E-state index contributed by atoms with van der Waals surface area (Å²) in [6.45, 7) is 3.33. The third kappa shape index (κ3) is 5.91. The molecular weight excluding hydrogens is 272 g/mol. The lowest BCUT2D eigenvalue weighted by atomic mass is 9.98. The average Bonchev–Trinajstić information content (AvgIpc) is 2.47. The lowest BCUT2D eigenvalue weighted by Crippen LogP contribution is -2.53. The second-order valence-corrected chi connectivity index (χ2v) is 5.61. The predicted molar refractivity (Wildman–Crippen MR) is 80.3 cm³/mol. The van der Waals surface area contributed by atoms with Crippen molar-refractivity contribution in [2.24, 2.45) is 0 Å². The number of carboxylic acid groups (broad SMARTS) is 1. The summed E-state index contributed by atoms with van der Waals surface area (Å²) in [4.78, 5) is 25.4. The van der Waals surface area contributed by atoms with E-state index in [9.17, 15) is 14.7 Å². The summed E-state index contributed by atoms with van der Waals surface area (Å²) in [5.74, 6) is -0.983. The number of carbonyl (C=O) groups excluding carboxylic acids is 1. The van der Waals surface area contributed by atoms with Gasteiger partial charge >= 0.3 is 12.0 Å². The fourth-order valence-electron chi connectivity index (χ4n) is 2.82. The molecule has 2 unspecified atom stereocenters. The maximum Gasteiger partial charge on any atom is 0.326 e. The molecule has 2 N–H and O–H groups in total. The van der Waals surface area contributed by atoms with Gasteiger partial charge in [-0.2, -0.15) is 0 Å². The highest BCUT2D eigenvalue weighted by Crippen LogP contribution is 2.21. The van der Waals surface area contributed by atoms with Crippen LogP contribution in [0.15, 0.2) is 0 Å². The summed E-state index contributed by atoms with van der Waals surface area (Å²) >= 11 is 0. The molecular formula is C15H28N2O4. The number of hydrogen-bond acceptors (Lipinski definition) is 3. The molecule has 2 atom stereocenters. The topological polar surface area (TPSA) is 78.9 Å². The molecule has 1 fully saturated rings. The van der Waals surface area contributed by atoms with Crippen LogP contribution in [0.4, 0.5) is 4.79 Å². The molecule has 1 saturated heterocycles. The van der Waals surface area contributed by atoms with Gasteiger partial charge in [-0.1, -0.05) is 13.3 Å². The van der Waals surface area contributed by atoms with Gasteiger partial charge in [-0.3, -0.25) is 0 Å². The van der Waals surface area contributed by atoms with E-state index in [4.69, 9.17) is 4.74 Å². The van der Waals surface area contributed by atoms with Crippen LogP contribution in [0.2, 0.25) is 0 Å². The highest BCUT2D eigenvalue weighted by atomic mass is 16.5. The van der Waals surface area contributed by atoms with Crippen molar-refractivity contribution in [3.8, 4) is 0 Å². The van der Waals surface area contributed by atoms with E-state index in [2.05, 4.69) is 12.2 Å². The number of methoxy groups -OCH3 is 1. The van der Waals surface area contributed by atoms with Crippen LogP contribution in [-0.4, -0.2) is 54.4 Å². The van der Waals surface area contributed by atoms with Gasteiger partial charge in [-0.15, -0.1) is 0 Å². The van der Waals surface area contributed by atoms with E-state index in [-0.39, 0.29) is 12.1 Å². The Balaban J connectivity index is 2.55. The van der Waals surface area contributed by atoms with Crippen LogP contribution in [0.5, 0.6) is 0 Å². The van der Waals surface area contributed by atoms with Gasteiger partial charge < -0.3 is 20.1 Å². The number of rotatable bonds is 8. The monoisotopic (exact) mass is 300 g/mol. The number of urea groups is 1. The minimum absolute atomic E-state index is 0.238. The first-order chi connectivity index (χ1) is 10.1. The molecule has 0 saturated carbocycles. The van der Waals surface area contributed by atoms with E-state index in [1.165, 1.54) is 0 Å². The third-order valence-electron chi connectivity index (χ3n) is 3.95. The van der Waals surface area contributed by atoms with Crippen molar-refractivity contribution in [1.29, 1.82) is 0 Å². The Bertz CT molecular complexity index is 334. The van der Waals surface area contributed by atoms with Gasteiger partial charge in [0.05, 0.1) is 0 Å². The van der Waals surface area contributed by atoms with Crippen molar-refractivity contribution < 1.29 is 19.4 Å². The van der Waals surface area contributed by atoms with Crippen LogP contribution in [-0.2, 0) is 9.53 Å². The van der Waals surface area contributed by atoms with Crippen molar-refractivity contribution in [2.75, 3.05) is 20.3 Å². The minimum Gasteiger partial charge on any atom is -0.480 e. The average molecular weight is 300 g/mol. The van der Waals surface area contributed by atoms with Crippen LogP contribution in [0.25, 0.3) is 0 Å². The number of aliphatic carboxylic acids is 1. The van der Waals surface area contributed by atoms with Crippen molar-refractivity contribution in [3.63, 3.8) is 0 Å². The lowest BCUT2D eigenvalue weighted by molar-refractivity contribution is -0.139. The Kier molecular flexibility index (Phi) is 8.12. The standard InChI is InChI=1S/C15H28N2O4/c1-3-7-12-8-4-5-10-17(12)15(20)16-13(14(18)19)9-6-11-21-2/h12-13H,3-11H2,1-2H3,(H,16,20)(H,18,19). The molecule has 0 aliphatic carbocycles. The van der Waals surface area contributed by atoms with E-state index < -0.39 is 12.0 Å². The number of hydrogen-bond donors (Lipinski definition) is 2. The van der Waals surface area contributed by atoms with Crippen LogP contribution in [0.1, 0.15) is 51.9 Å². The molecule has 1 heterocycles. The Labute approximate surface area is 126 Å². The fraction of sp³-hybridized carbons (Fsp3) is 0.867. The summed E-state index contributed by atoms with van der Waals surface area (Å²) in [7, 11) is 1.58. The number of carbonyl (C=O) groups is 2. The van der Waals surface area contributed by atoms with E-state index in [1.54, 1.807) is 7.11 Å². The smallest absolute Gasteiger partial charge is 0.326 e. The molecule has 1 aliphatic heterocycles. The molecule has 0 radical (unpaired) electrons. The molecule has 0 spiro atoms. The Morgan fingerprint density at radius 1 is 1.43 bits per heavy atom. The molecule has 2 amide bonds. The molecule has 21 heavy (non-hydrogen) atoms. The van der Waals surface area contributed by atoms with Gasteiger partial charge in [0.2, 0.25) is 0 Å². The molecule has 1 rings (SSSR count). The summed E-state index contributed by atoms with van der Waals surface area (Å²) in [5, 5.41) is 11.9. The predicted octanol–water partition coefficient (Wildman–Crippen LogP) is 2.23. The second kappa shape index (κ2) is 9.60.